The van der Waals surface area contributed by atoms with Gasteiger partial charge in [-0.05, 0) is 36.2 Å². The summed E-state index contributed by atoms with van der Waals surface area (Å²) in [6.07, 6.45) is 3.38. The number of aliphatic hydroxyl groups excluding tert-OH is 1. The van der Waals surface area contributed by atoms with Crippen molar-refractivity contribution in [1.29, 1.82) is 0 Å². The molecule has 2 rings (SSSR count). The highest BCUT2D eigenvalue weighted by Gasteiger charge is 2.19. The van der Waals surface area contributed by atoms with Crippen LogP contribution in [-0.2, 0) is 23.2 Å². The van der Waals surface area contributed by atoms with E-state index in [1.807, 2.05) is 0 Å². The molecule has 0 atom stereocenters. The number of nitrogens with zero attached hydrogens (tertiary/aromatic N) is 2. The molecule has 0 aliphatic rings. The van der Waals surface area contributed by atoms with Crippen molar-refractivity contribution < 1.29 is 13.5 Å². The van der Waals surface area contributed by atoms with E-state index in [0.717, 1.165) is 0 Å². The second-order valence-corrected chi connectivity index (χ2v) is 6.68. The van der Waals surface area contributed by atoms with Gasteiger partial charge in [-0.25, -0.2) is 13.1 Å². The number of hydrogen-bond donors (Lipinski definition) is 2. The van der Waals surface area contributed by atoms with Gasteiger partial charge in [0.25, 0.3) is 0 Å². The van der Waals surface area contributed by atoms with Crippen LogP contribution in [0.1, 0.15) is 11.1 Å². The van der Waals surface area contributed by atoms with E-state index in [2.05, 4.69) is 9.82 Å². The number of hydrogen-bond acceptors (Lipinski definition) is 4. The Morgan fingerprint density at radius 1 is 1.43 bits per heavy atom. The predicted molar refractivity (Wildman–Crippen MR) is 79.5 cm³/mol. The van der Waals surface area contributed by atoms with Gasteiger partial charge in [0.15, 0.2) is 0 Å². The van der Waals surface area contributed by atoms with Crippen molar-refractivity contribution in [3.05, 3.63) is 46.7 Å². The van der Waals surface area contributed by atoms with Crippen LogP contribution in [0.25, 0.3) is 0 Å². The number of nitrogens with one attached hydrogen (secondary N) is 1. The van der Waals surface area contributed by atoms with E-state index in [0.29, 0.717) is 17.7 Å². The molecule has 1 heterocycles. The summed E-state index contributed by atoms with van der Waals surface area (Å²) in [7, 11) is -3.69. The topological polar surface area (TPSA) is 84.2 Å². The third-order valence-electron chi connectivity index (χ3n) is 3.08. The molecule has 6 nitrogen and oxygen atoms in total. The maximum atomic E-state index is 12.3. The minimum atomic E-state index is -3.69. The molecular formula is C13H16ClN3O3S. The van der Waals surface area contributed by atoms with Crippen LogP contribution in [0.2, 0.25) is 5.02 Å². The van der Waals surface area contributed by atoms with Gasteiger partial charge in [0.2, 0.25) is 10.0 Å². The van der Waals surface area contributed by atoms with Gasteiger partial charge in [0.1, 0.15) is 0 Å². The molecule has 2 N–H and O–H groups in total. The van der Waals surface area contributed by atoms with Gasteiger partial charge in [-0.15, -0.1) is 0 Å². The Labute approximate surface area is 128 Å². The summed E-state index contributed by atoms with van der Waals surface area (Å²) in [5.41, 5.74) is 0.989. The fourth-order valence-corrected chi connectivity index (χ4v) is 3.59. The SMILES string of the molecule is Cc1c(CO)cc(Cl)cc1S(=O)(=O)NCCn1cccn1. The van der Waals surface area contributed by atoms with Crippen LogP contribution < -0.4 is 4.72 Å². The molecule has 0 unspecified atom stereocenters. The Hall–Kier alpha value is -1.41. The van der Waals surface area contributed by atoms with Gasteiger partial charge in [-0.3, -0.25) is 4.68 Å². The van der Waals surface area contributed by atoms with E-state index in [4.69, 9.17) is 11.6 Å². The van der Waals surface area contributed by atoms with Crippen LogP contribution in [-0.4, -0.2) is 29.8 Å². The lowest BCUT2D eigenvalue weighted by molar-refractivity contribution is 0.280. The summed E-state index contributed by atoms with van der Waals surface area (Å²) in [6.45, 7) is 2.02. The predicted octanol–water partition coefficient (Wildman–Crippen LogP) is 1.32. The Morgan fingerprint density at radius 2 is 2.19 bits per heavy atom. The van der Waals surface area contributed by atoms with Gasteiger partial charge in [0, 0.05) is 24.0 Å². The third-order valence-corrected chi connectivity index (χ3v) is 4.89. The fraction of sp³-hybridized carbons (Fsp3) is 0.308. The number of benzene rings is 1. The first-order chi connectivity index (χ1) is 9.94. The van der Waals surface area contributed by atoms with Gasteiger partial charge >= 0.3 is 0 Å². The Kier molecular flexibility index (Phi) is 5.00. The largest absolute Gasteiger partial charge is 0.392 e. The molecule has 0 aliphatic carbocycles. The van der Waals surface area contributed by atoms with Crippen LogP contribution in [0.3, 0.4) is 0 Å². The molecule has 0 saturated heterocycles. The summed E-state index contributed by atoms with van der Waals surface area (Å²) < 4.78 is 28.8. The monoisotopic (exact) mass is 329 g/mol. The number of aromatic nitrogens is 2. The van der Waals surface area contributed by atoms with E-state index in [1.54, 1.807) is 36.1 Å². The van der Waals surface area contributed by atoms with Crippen LogP contribution in [0, 0.1) is 6.92 Å². The minimum absolute atomic E-state index is 0.0829. The number of aliphatic hydroxyl groups is 1. The normalized spacial score (nSPS) is 11.8. The highest BCUT2D eigenvalue weighted by atomic mass is 35.5. The first-order valence-corrected chi connectivity index (χ1v) is 8.17. The summed E-state index contributed by atoms with van der Waals surface area (Å²) in [5, 5.41) is 13.5. The van der Waals surface area contributed by atoms with Crippen LogP contribution in [0.4, 0.5) is 0 Å². The smallest absolute Gasteiger partial charge is 0.240 e. The number of halogens is 1. The molecular weight excluding hydrogens is 314 g/mol. The molecule has 1 aromatic heterocycles. The van der Waals surface area contributed by atoms with E-state index in [-0.39, 0.29) is 23.1 Å². The molecule has 0 bridgehead atoms. The highest BCUT2D eigenvalue weighted by Crippen LogP contribution is 2.24. The molecule has 1 aromatic carbocycles. The molecule has 114 valence electrons. The van der Waals surface area contributed by atoms with E-state index in [1.165, 1.54) is 6.07 Å². The molecule has 0 aliphatic heterocycles. The first kappa shape index (κ1) is 16.0. The van der Waals surface area contributed by atoms with E-state index >= 15 is 0 Å². The first-order valence-electron chi connectivity index (χ1n) is 6.31. The minimum Gasteiger partial charge on any atom is -0.392 e. The quantitative estimate of drug-likeness (QED) is 0.837. The maximum absolute atomic E-state index is 12.3. The van der Waals surface area contributed by atoms with Crippen LogP contribution in [0.15, 0.2) is 35.5 Å². The molecule has 0 radical (unpaired) electrons. The third kappa shape index (κ3) is 3.82. The lowest BCUT2D eigenvalue weighted by Gasteiger charge is -2.12. The molecule has 21 heavy (non-hydrogen) atoms. The van der Waals surface area contributed by atoms with Crippen molar-refractivity contribution in [2.75, 3.05) is 6.54 Å². The Bertz CT molecular complexity index is 715. The van der Waals surface area contributed by atoms with Crippen molar-refractivity contribution in [2.24, 2.45) is 0 Å². The van der Waals surface area contributed by atoms with Crippen LogP contribution in [0.5, 0.6) is 0 Å². The van der Waals surface area contributed by atoms with Crippen molar-refractivity contribution in [3.8, 4) is 0 Å². The van der Waals surface area contributed by atoms with Crippen LogP contribution >= 0.6 is 11.6 Å². The van der Waals surface area contributed by atoms with Gasteiger partial charge in [-0.1, -0.05) is 11.6 Å². The van der Waals surface area contributed by atoms with Gasteiger partial charge in [-0.2, -0.15) is 5.10 Å². The lowest BCUT2D eigenvalue weighted by atomic mass is 10.1. The highest BCUT2D eigenvalue weighted by molar-refractivity contribution is 7.89. The molecule has 2 aromatic rings. The van der Waals surface area contributed by atoms with Gasteiger partial charge in [0.05, 0.1) is 18.0 Å². The summed E-state index contributed by atoms with van der Waals surface area (Å²) in [4.78, 5) is 0.0829. The van der Waals surface area contributed by atoms with Crippen molar-refractivity contribution in [3.63, 3.8) is 0 Å². The zero-order valence-electron chi connectivity index (χ0n) is 11.5. The summed E-state index contributed by atoms with van der Waals surface area (Å²) in [5.74, 6) is 0. The Balaban J connectivity index is 2.17. The molecule has 0 amide bonds. The fourth-order valence-electron chi connectivity index (χ4n) is 1.96. The molecule has 8 heteroatoms. The zero-order chi connectivity index (χ0) is 15.5. The number of sulfonamides is 1. The average Bonchev–Trinajstić information content (AvgIpc) is 2.93. The van der Waals surface area contributed by atoms with Crippen molar-refractivity contribution in [1.82, 2.24) is 14.5 Å². The zero-order valence-corrected chi connectivity index (χ0v) is 13.0. The molecule has 0 fully saturated rings. The molecule has 0 spiro atoms. The average molecular weight is 330 g/mol. The summed E-state index contributed by atoms with van der Waals surface area (Å²) in [6, 6.07) is 4.70. The lowest BCUT2D eigenvalue weighted by Crippen LogP contribution is -2.28. The second-order valence-electron chi connectivity index (χ2n) is 4.51. The Morgan fingerprint density at radius 3 is 2.81 bits per heavy atom. The number of rotatable bonds is 6. The van der Waals surface area contributed by atoms with E-state index < -0.39 is 10.0 Å². The molecule has 0 saturated carbocycles. The second kappa shape index (κ2) is 6.57. The summed E-state index contributed by atoms with van der Waals surface area (Å²) >= 11 is 5.90. The van der Waals surface area contributed by atoms with Gasteiger partial charge < -0.3 is 5.11 Å². The van der Waals surface area contributed by atoms with E-state index in [9.17, 15) is 13.5 Å². The standard InChI is InChI=1S/C13H16ClN3O3S/c1-10-11(9-18)7-12(14)8-13(10)21(19,20)16-4-6-17-5-2-3-15-17/h2-3,5,7-8,16,18H,4,6,9H2,1H3. The maximum Gasteiger partial charge on any atom is 0.240 e. The van der Waals surface area contributed by atoms with Crippen molar-refractivity contribution >= 4 is 21.6 Å². The van der Waals surface area contributed by atoms with Crippen molar-refractivity contribution in [2.45, 2.75) is 25.0 Å².